The molecule has 0 spiro atoms. The van der Waals surface area contributed by atoms with Gasteiger partial charge in [-0.25, -0.2) is 0 Å². The Bertz CT molecular complexity index is 781. The Labute approximate surface area is 138 Å². The summed E-state index contributed by atoms with van der Waals surface area (Å²) in [5.41, 5.74) is 1.16. The second-order valence-electron chi connectivity index (χ2n) is 6.27. The molecule has 0 saturated heterocycles. The number of aromatic nitrogens is 1. The van der Waals surface area contributed by atoms with Crippen LogP contribution in [0.5, 0.6) is 0 Å². The first kappa shape index (κ1) is 15.8. The predicted octanol–water partition coefficient (Wildman–Crippen LogP) is 4.93. The molecule has 0 amide bonds. The van der Waals surface area contributed by atoms with Crippen LogP contribution in [0.25, 0.3) is 21.7 Å². The van der Waals surface area contributed by atoms with Crippen LogP contribution in [0.3, 0.4) is 0 Å². The molecule has 3 rings (SSSR count). The third kappa shape index (κ3) is 3.47. The SMILES string of the molecule is CCCCC(CC)CO[n+]1cccc2ccc3ccccc3c21. The van der Waals surface area contributed by atoms with Crippen molar-refractivity contribution in [2.45, 2.75) is 39.5 Å². The van der Waals surface area contributed by atoms with E-state index in [2.05, 4.69) is 62.4 Å². The standard InChI is InChI=1S/C21H26NO/c1-3-5-9-17(4-2)16-23-22-15-8-11-19-14-13-18-10-6-7-12-20(18)21(19)22/h6-8,10-15,17H,3-5,9,16H2,1-2H3/q+1. The molecule has 1 unspecified atom stereocenters. The fraction of sp³-hybridized carbons (Fsp3) is 0.381. The van der Waals surface area contributed by atoms with E-state index in [1.54, 1.807) is 0 Å². The summed E-state index contributed by atoms with van der Waals surface area (Å²) in [6.07, 6.45) is 6.99. The molecule has 2 aromatic carbocycles. The minimum atomic E-state index is 0.632. The summed E-state index contributed by atoms with van der Waals surface area (Å²) in [6.45, 7) is 5.29. The third-order valence-corrected chi connectivity index (χ3v) is 4.64. The quantitative estimate of drug-likeness (QED) is 0.446. The van der Waals surface area contributed by atoms with Crippen LogP contribution in [0.4, 0.5) is 0 Å². The fourth-order valence-corrected chi connectivity index (χ4v) is 3.14. The van der Waals surface area contributed by atoms with E-state index in [-0.39, 0.29) is 0 Å². The minimum absolute atomic E-state index is 0.632. The molecule has 3 aromatic rings. The number of pyridine rings is 1. The lowest BCUT2D eigenvalue weighted by Crippen LogP contribution is -2.45. The predicted molar refractivity (Wildman–Crippen MR) is 96.4 cm³/mol. The van der Waals surface area contributed by atoms with Gasteiger partial charge in [-0.15, -0.1) is 0 Å². The lowest BCUT2D eigenvalue weighted by Gasteiger charge is -2.12. The van der Waals surface area contributed by atoms with Gasteiger partial charge in [-0.05, 0) is 42.3 Å². The molecule has 0 saturated carbocycles. The molecule has 0 N–H and O–H groups in total. The summed E-state index contributed by atoms with van der Waals surface area (Å²) in [5.74, 6) is 0.632. The number of nitrogens with zero attached hydrogens (tertiary/aromatic N) is 1. The van der Waals surface area contributed by atoms with Gasteiger partial charge in [-0.1, -0.05) is 51.0 Å². The van der Waals surface area contributed by atoms with E-state index in [1.165, 1.54) is 41.8 Å². The van der Waals surface area contributed by atoms with Crippen molar-refractivity contribution in [1.29, 1.82) is 0 Å². The Morgan fingerprint density at radius 3 is 2.57 bits per heavy atom. The van der Waals surface area contributed by atoms with Gasteiger partial charge in [0.25, 0.3) is 5.52 Å². The lowest BCUT2D eigenvalue weighted by atomic mass is 10.0. The summed E-state index contributed by atoms with van der Waals surface area (Å²) in [6, 6.07) is 17.1. The van der Waals surface area contributed by atoms with Crippen LogP contribution < -0.4 is 9.57 Å². The van der Waals surface area contributed by atoms with E-state index < -0.39 is 0 Å². The maximum Gasteiger partial charge on any atom is 0.272 e. The Morgan fingerprint density at radius 2 is 1.74 bits per heavy atom. The van der Waals surface area contributed by atoms with E-state index in [4.69, 9.17) is 4.84 Å². The summed E-state index contributed by atoms with van der Waals surface area (Å²) in [4.78, 5) is 6.19. The summed E-state index contributed by atoms with van der Waals surface area (Å²) in [5, 5.41) is 3.71. The van der Waals surface area contributed by atoms with Gasteiger partial charge in [0.05, 0.1) is 10.8 Å². The smallest absolute Gasteiger partial charge is 0.270 e. The largest absolute Gasteiger partial charge is 0.272 e. The first-order valence-corrected chi connectivity index (χ1v) is 8.79. The van der Waals surface area contributed by atoms with Crippen molar-refractivity contribution in [3.8, 4) is 0 Å². The van der Waals surface area contributed by atoms with Gasteiger partial charge in [0.15, 0.2) is 6.61 Å². The lowest BCUT2D eigenvalue weighted by molar-refractivity contribution is -0.872. The average molecular weight is 308 g/mol. The Balaban J connectivity index is 1.92. The molecule has 1 atom stereocenters. The van der Waals surface area contributed by atoms with Crippen molar-refractivity contribution >= 4 is 21.7 Å². The van der Waals surface area contributed by atoms with Crippen LogP contribution >= 0.6 is 0 Å². The highest BCUT2D eigenvalue weighted by Crippen LogP contribution is 2.22. The number of rotatable bonds is 7. The highest BCUT2D eigenvalue weighted by atomic mass is 16.7. The molecule has 0 bridgehead atoms. The van der Waals surface area contributed by atoms with Gasteiger partial charge in [0.1, 0.15) is 0 Å². The maximum absolute atomic E-state index is 6.19. The molecule has 1 heterocycles. The van der Waals surface area contributed by atoms with E-state index in [0.29, 0.717) is 5.92 Å². The minimum Gasteiger partial charge on any atom is -0.270 e. The molecule has 0 aliphatic carbocycles. The second kappa shape index (κ2) is 7.45. The molecular weight excluding hydrogens is 282 g/mol. The van der Waals surface area contributed by atoms with E-state index in [0.717, 1.165) is 12.1 Å². The summed E-state index contributed by atoms with van der Waals surface area (Å²) < 4.78 is 1.96. The van der Waals surface area contributed by atoms with E-state index in [9.17, 15) is 0 Å². The van der Waals surface area contributed by atoms with Gasteiger partial charge >= 0.3 is 0 Å². The Morgan fingerprint density at radius 1 is 0.957 bits per heavy atom. The molecular formula is C21H26NO+. The van der Waals surface area contributed by atoms with Crippen LogP contribution in [-0.4, -0.2) is 6.61 Å². The number of fused-ring (bicyclic) bond motifs is 3. The molecule has 2 nitrogen and oxygen atoms in total. The molecule has 0 aliphatic rings. The van der Waals surface area contributed by atoms with Crippen molar-refractivity contribution in [3.05, 3.63) is 54.7 Å². The normalized spacial score (nSPS) is 12.6. The average Bonchev–Trinajstić information content (AvgIpc) is 2.61. The van der Waals surface area contributed by atoms with Gasteiger partial charge in [-0.2, -0.15) is 0 Å². The first-order chi connectivity index (χ1) is 11.3. The van der Waals surface area contributed by atoms with Crippen molar-refractivity contribution in [2.75, 3.05) is 6.61 Å². The molecule has 0 radical (unpaired) electrons. The topological polar surface area (TPSA) is 13.1 Å². The van der Waals surface area contributed by atoms with Crippen LogP contribution in [-0.2, 0) is 0 Å². The zero-order valence-electron chi connectivity index (χ0n) is 14.2. The Kier molecular flexibility index (Phi) is 5.12. The fourth-order valence-electron chi connectivity index (χ4n) is 3.14. The van der Waals surface area contributed by atoms with Crippen LogP contribution in [0.2, 0.25) is 0 Å². The van der Waals surface area contributed by atoms with Gasteiger partial charge in [0.2, 0.25) is 6.20 Å². The van der Waals surface area contributed by atoms with Crippen molar-refractivity contribution in [3.63, 3.8) is 0 Å². The Hall–Kier alpha value is -2.09. The first-order valence-electron chi connectivity index (χ1n) is 8.79. The number of hydrogen-bond donors (Lipinski definition) is 0. The monoisotopic (exact) mass is 308 g/mol. The second-order valence-corrected chi connectivity index (χ2v) is 6.27. The molecule has 2 heteroatoms. The number of hydrogen-bond acceptors (Lipinski definition) is 1. The van der Waals surface area contributed by atoms with Crippen LogP contribution in [0.1, 0.15) is 39.5 Å². The zero-order valence-corrected chi connectivity index (χ0v) is 14.2. The van der Waals surface area contributed by atoms with Gasteiger partial charge in [-0.3, -0.25) is 4.84 Å². The van der Waals surface area contributed by atoms with Crippen molar-refractivity contribution in [1.82, 2.24) is 0 Å². The molecule has 0 aliphatic heterocycles. The summed E-state index contributed by atoms with van der Waals surface area (Å²) in [7, 11) is 0. The van der Waals surface area contributed by atoms with Crippen LogP contribution in [0.15, 0.2) is 54.7 Å². The maximum atomic E-state index is 6.19. The molecule has 23 heavy (non-hydrogen) atoms. The number of benzene rings is 2. The molecule has 1 aromatic heterocycles. The third-order valence-electron chi connectivity index (χ3n) is 4.64. The molecule has 0 fully saturated rings. The molecule has 120 valence electrons. The van der Waals surface area contributed by atoms with Crippen molar-refractivity contribution < 1.29 is 9.57 Å². The zero-order chi connectivity index (χ0) is 16.1. The highest BCUT2D eigenvalue weighted by molar-refractivity contribution is 6.03. The number of unbranched alkanes of at least 4 members (excludes halogenated alkanes) is 1. The van der Waals surface area contributed by atoms with E-state index >= 15 is 0 Å². The summed E-state index contributed by atoms with van der Waals surface area (Å²) >= 11 is 0. The van der Waals surface area contributed by atoms with Gasteiger partial charge < -0.3 is 0 Å². The van der Waals surface area contributed by atoms with E-state index in [1.807, 2.05) is 10.9 Å². The van der Waals surface area contributed by atoms with Crippen LogP contribution in [0, 0.1) is 5.92 Å². The van der Waals surface area contributed by atoms with Crippen molar-refractivity contribution in [2.24, 2.45) is 5.92 Å². The van der Waals surface area contributed by atoms with Gasteiger partial charge in [0, 0.05) is 10.8 Å². The highest BCUT2D eigenvalue weighted by Gasteiger charge is 2.16.